The maximum Gasteiger partial charge on any atom is 0.246 e. The van der Waals surface area contributed by atoms with Crippen molar-refractivity contribution in [2.75, 3.05) is 26.2 Å². The van der Waals surface area contributed by atoms with Gasteiger partial charge in [0.25, 0.3) is 0 Å². The molecule has 0 bridgehead atoms. The van der Waals surface area contributed by atoms with Gasteiger partial charge in [-0.25, -0.2) is 4.39 Å². The van der Waals surface area contributed by atoms with Crippen LogP contribution in [0.25, 0.3) is 0 Å². The summed E-state index contributed by atoms with van der Waals surface area (Å²) in [6.45, 7) is 7.21. The summed E-state index contributed by atoms with van der Waals surface area (Å²) in [5.74, 6) is -1.12. The first-order chi connectivity index (χ1) is 17.2. The Morgan fingerprint density at radius 2 is 1.78 bits per heavy atom. The van der Waals surface area contributed by atoms with Crippen LogP contribution in [0.15, 0.2) is 73.0 Å². The van der Waals surface area contributed by atoms with E-state index in [9.17, 15) is 14.3 Å². The van der Waals surface area contributed by atoms with Gasteiger partial charge in [-0.05, 0) is 48.4 Å². The largest absolute Gasteiger partial charge is 0.512 e. The van der Waals surface area contributed by atoms with Crippen LogP contribution in [0.3, 0.4) is 0 Å². The van der Waals surface area contributed by atoms with E-state index in [1.54, 1.807) is 17.0 Å². The van der Waals surface area contributed by atoms with Crippen molar-refractivity contribution in [3.05, 3.63) is 106 Å². The number of halogens is 2. The average molecular weight is 507 g/mol. The first kappa shape index (κ1) is 25.4. The zero-order valence-corrected chi connectivity index (χ0v) is 20.7. The van der Waals surface area contributed by atoms with Crippen LogP contribution < -0.4 is 0 Å². The third kappa shape index (κ3) is 4.84. The van der Waals surface area contributed by atoms with Gasteiger partial charge in [0.05, 0.1) is 11.6 Å². The summed E-state index contributed by atoms with van der Waals surface area (Å²) in [4.78, 5) is 15.5. The maximum absolute atomic E-state index is 14.9. The van der Waals surface area contributed by atoms with Gasteiger partial charge in [-0.1, -0.05) is 48.5 Å². The number of alkyl halides is 1. The van der Waals surface area contributed by atoms with Gasteiger partial charge in [0.15, 0.2) is 0 Å². The Hall–Kier alpha value is -3.71. The van der Waals surface area contributed by atoms with E-state index in [1.165, 1.54) is 24.3 Å². The molecule has 2 unspecified atom stereocenters. The molecule has 6 nitrogen and oxygen atoms in total. The van der Waals surface area contributed by atoms with Crippen molar-refractivity contribution in [2.45, 2.75) is 19.0 Å². The number of rotatable bonds is 5. The molecule has 36 heavy (non-hydrogen) atoms. The number of amides is 1. The molecule has 0 spiro atoms. The van der Waals surface area contributed by atoms with Crippen molar-refractivity contribution < 1.29 is 14.3 Å². The summed E-state index contributed by atoms with van der Waals surface area (Å²) >= 11 is 6.64. The quantitative estimate of drug-likeness (QED) is 0.297. The second-order valence-electron chi connectivity index (χ2n) is 8.87. The van der Waals surface area contributed by atoms with Gasteiger partial charge in [0.2, 0.25) is 5.91 Å². The number of piperazine rings is 1. The number of amidine groups is 1. The third-order valence-corrected chi connectivity index (χ3v) is 7.02. The van der Waals surface area contributed by atoms with Crippen LogP contribution in [-0.4, -0.2) is 64.7 Å². The molecule has 1 aliphatic carbocycles. The zero-order chi connectivity index (χ0) is 26.0. The number of hydrogen-bond donors (Lipinski definition) is 3. The fraction of sp³-hybridized carbons (Fsp3) is 0.250. The predicted molar refractivity (Wildman–Crippen MR) is 141 cm³/mol. The topological polar surface area (TPSA) is 91.5 Å². The Balaban J connectivity index is 1.77. The lowest BCUT2D eigenvalue weighted by atomic mass is 9.85. The Morgan fingerprint density at radius 3 is 2.42 bits per heavy atom. The van der Waals surface area contributed by atoms with Crippen LogP contribution in [0.1, 0.15) is 33.7 Å². The minimum atomic E-state index is -1.48. The molecule has 2 aromatic carbocycles. The molecule has 186 valence electrons. The van der Waals surface area contributed by atoms with E-state index in [2.05, 4.69) is 6.58 Å². The highest BCUT2D eigenvalue weighted by Crippen LogP contribution is 2.38. The summed E-state index contributed by atoms with van der Waals surface area (Å²) in [6, 6.07) is 10.7. The summed E-state index contributed by atoms with van der Waals surface area (Å²) in [6.07, 6.45) is 4.05. The molecule has 0 saturated carbocycles. The van der Waals surface area contributed by atoms with Crippen LogP contribution >= 0.6 is 11.6 Å². The van der Waals surface area contributed by atoms with Crippen LogP contribution in [0, 0.1) is 17.7 Å². The molecule has 3 N–H and O–H groups in total. The molecule has 0 radical (unpaired) electrons. The lowest BCUT2D eigenvalue weighted by molar-refractivity contribution is -0.127. The van der Waals surface area contributed by atoms with E-state index in [-0.39, 0.29) is 28.2 Å². The Kier molecular flexibility index (Phi) is 7.40. The Bertz CT molecular complexity index is 1290. The van der Waals surface area contributed by atoms with Crippen molar-refractivity contribution in [2.24, 2.45) is 0 Å². The number of carbonyl (C=O) groups excluding carboxylic acids is 1. The van der Waals surface area contributed by atoms with Crippen molar-refractivity contribution in [1.82, 2.24) is 9.80 Å². The fourth-order valence-electron chi connectivity index (χ4n) is 4.65. The molecule has 4 rings (SSSR count). The third-order valence-electron chi connectivity index (χ3n) is 6.69. The molecular weight excluding hydrogens is 479 g/mol. The summed E-state index contributed by atoms with van der Waals surface area (Å²) < 4.78 is 14.9. The SMILES string of the molecule is C=CC(=O)N1CCN(C(=N)c2cc(Cl)c(C3C(O)=CC=CC3F)cc2C(=N)c2ccccc2C)CC1. The van der Waals surface area contributed by atoms with E-state index in [1.807, 2.05) is 36.1 Å². The monoisotopic (exact) mass is 506 g/mol. The van der Waals surface area contributed by atoms with E-state index >= 15 is 0 Å². The second kappa shape index (κ2) is 10.5. The van der Waals surface area contributed by atoms with Gasteiger partial charge in [0, 0.05) is 47.9 Å². The molecule has 2 aromatic rings. The highest BCUT2D eigenvalue weighted by Gasteiger charge is 2.32. The van der Waals surface area contributed by atoms with Gasteiger partial charge in [0.1, 0.15) is 17.8 Å². The van der Waals surface area contributed by atoms with E-state index in [0.717, 1.165) is 5.56 Å². The van der Waals surface area contributed by atoms with Crippen molar-refractivity contribution >= 4 is 29.1 Å². The lowest BCUT2D eigenvalue weighted by Crippen LogP contribution is -2.50. The highest BCUT2D eigenvalue weighted by molar-refractivity contribution is 6.32. The summed E-state index contributed by atoms with van der Waals surface area (Å²) in [5.41, 5.74) is 2.96. The molecule has 1 amide bonds. The molecular formula is C28H28ClFN4O2. The molecule has 2 aliphatic rings. The first-order valence-corrected chi connectivity index (χ1v) is 12.1. The average Bonchev–Trinajstić information content (AvgIpc) is 2.88. The molecule has 8 heteroatoms. The number of nitrogens with one attached hydrogen (secondary N) is 2. The van der Waals surface area contributed by atoms with Crippen LogP contribution in [0.4, 0.5) is 4.39 Å². The molecule has 2 atom stereocenters. The maximum atomic E-state index is 14.9. The van der Waals surface area contributed by atoms with Gasteiger partial charge < -0.3 is 14.9 Å². The van der Waals surface area contributed by atoms with E-state index < -0.39 is 12.1 Å². The molecule has 0 aromatic heterocycles. The standard InChI is InChI=1S/C28H28ClFN4O2/c1-3-25(36)33-11-13-34(14-12-33)28(32)20-16-22(29)21(26-23(30)9-6-10-24(26)35)15-19(20)27(31)18-8-5-4-7-17(18)2/h3-10,15-16,23,26,31-32,35H,1,11-14H2,2H3. The highest BCUT2D eigenvalue weighted by atomic mass is 35.5. The van der Waals surface area contributed by atoms with Crippen molar-refractivity contribution in [1.29, 1.82) is 10.8 Å². The number of allylic oxidation sites excluding steroid dienone is 4. The number of aliphatic hydroxyl groups is 1. The van der Waals surface area contributed by atoms with Gasteiger partial charge in [-0.15, -0.1) is 0 Å². The first-order valence-electron chi connectivity index (χ1n) is 11.7. The zero-order valence-electron chi connectivity index (χ0n) is 20.0. The van der Waals surface area contributed by atoms with Crippen LogP contribution in [0.5, 0.6) is 0 Å². The van der Waals surface area contributed by atoms with Gasteiger partial charge >= 0.3 is 0 Å². The van der Waals surface area contributed by atoms with Crippen molar-refractivity contribution in [3.8, 4) is 0 Å². The number of hydrogen-bond acceptors (Lipinski definition) is 4. The van der Waals surface area contributed by atoms with Crippen LogP contribution in [0.2, 0.25) is 5.02 Å². The van der Waals surface area contributed by atoms with Crippen molar-refractivity contribution in [3.63, 3.8) is 0 Å². The molecule has 1 heterocycles. The second-order valence-corrected chi connectivity index (χ2v) is 9.28. The minimum Gasteiger partial charge on any atom is -0.512 e. The summed E-state index contributed by atoms with van der Waals surface area (Å²) in [5, 5.41) is 28.7. The van der Waals surface area contributed by atoms with Crippen LogP contribution in [-0.2, 0) is 4.79 Å². The Morgan fingerprint density at radius 1 is 1.11 bits per heavy atom. The number of benzene rings is 2. The number of nitrogens with zero attached hydrogens (tertiary/aromatic N) is 2. The molecule has 1 aliphatic heterocycles. The number of aryl methyl sites for hydroxylation is 1. The van der Waals surface area contributed by atoms with Gasteiger partial charge in [-0.3, -0.25) is 15.6 Å². The number of carbonyl (C=O) groups is 1. The van der Waals surface area contributed by atoms with E-state index in [4.69, 9.17) is 22.4 Å². The summed E-state index contributed by atoms with van der Waals surface area (Å²) in [7, 11) is 0. The molecule has 1 fully saturated rings. The van der Waals surface area contributed by atoms with Gasteiger partial charge in [-0.2, -0.15) is 0 Å². The fourth-order valence-corrected chi connectivity index (χ4v) is 4.93. The smallest absolute Gasteiger partial charge is 0.246 e. The minimum absolute atomic E-state index is 0.147. The molecule has 1 saturated heterocycles. The predicted octanol–water partition coefficient (Wildman–Crippen LogP) is 5.15. The Labute approximate surface area is 215 Å². The van der Waals surface area contributed by atoms with E-state index in [0.29, 0.717) is 48.4 Å². The normalized spacial score (nSPS) is 19.6. The number of aliphatic hydroxyl groups excluding tert-OH is 1. The lowest BCUT2D eigenvalue weighted by Gasteiger charge is -2.36.